The van der Waals surface area contributed by atoms with Gasteiger partial charge in [0.25, 0.3) is 5.91 Å². The number of benzene rings is 3. The lowest BCUT2D eigenvalue weighted by molar-refractivity contribution is 0.0935. The van der Waals surface area contributed by atoms with Crippen LogP contribution in [0.15, 0.2) is 109 Å². The lowest BCUT2D eigenvalue weighted by Gasteiger charge is -2.20. The molecule has 0 bridgehead atoms. The van der Waals surface area contributed by atoms with Crippen molar-refractivity contribution in [3.8, 4) is 16.3 Å². The van der Waals surface area contributed by atoms with Gasteiger partial charge in [-0.25, -0.2) is 4.68 Å². The van der Waals surface area contributed by atoms with E-state index >= 15 is 0 Å². The van der Waals surface area contributed by atoms with E-state index in [9.17, 15) is 4.79 Å². The fraction of sp³-hybridized carbons (Fsp3) is 0.0714. The van der Waals surface area contributed by atoms with Crippen LogP contribution in [0.2, 0.25) is 0 Å². The molecule has 2 aromatic heterocycles. The number of thiophene rings is 1. The lowest BCUT2D eigenvalue weighted by Crippen LogP contribution is -2.31. The molecule has 5 rings (SSSR count). The molecule has 3 aromatic carbocycles. The van der Waals surface area contributed by atoms with Crippen molar-refractivity contribution in [2.24, 2.45) is 0 Å². The van der Waals surface area contributed by atoms with Crippen molar-refractivity contribution in [2.45, 2.75) is 13.0 Å². The molecule has 1 amide bonds. The molecule has 0 aliphatic carbocycles. The maximum Gasteiger partial charge on any atom is 0.270 e. The van der Waals surface area contributed by atoms with Crippen LogP contribution in [-0.4, -0.2) is 15.7 Å². The molecule has 33 heavy (non-hydrogen) atoms. The average molecular weight is 450 g/mol. The molecule has 0 radical (unpaired) electrons. The molecule has 5 heteroatoms. The number of nitrogens with zero attached hydrogens (tertiary/aromatic N) is 2. The lowest BCUT2D eigenvalue weighted by atomic mass is 9.98. The molecular formula is C28H23N3OS. The molecule has 0 atom stereocenters. The number of amides is 1. The highest BCUT2D eigenvalue weighted by atomic mass is 32.1. The third kappa shape index (κ3) is 4.49. The summed E-state index contributed by atoms with van der Waals surface area (Å²) in [7, 11) is 0. The monoisotopic (exact) mass is 449 g/mol. The van der Waals surface area contributed by atoms with Crippen molar-refractivity contribution in [3.63, 3.8) is 0 Å². The van der Waals surface area contributed by atoms with Crippen molar-refractivity contribution in [1.82, 2.24) is 15.1 Å². The topological polar surface area (TPSA) is 46.9 Å². The summed E-state index contributed by atoms with van der Waals surface area (Å²) in [5.41, 5.74) is 5.31. The van der Waals surface area contributed by atoms with E-state index in [0.29, 0.717) is 5.69 Å². The standard InChI is InChI=1S/C28H23N3OS/c1-20-10-8-15-23(18-20)31-25(19-24(30-31)26-16-9-17-33-26)28(32)29-27(21-11-4-2-5-12-21)22-13-6-3-7-14-22/h2-19,27H,1H3,(H,29,32). The summed E-state index contributed by atoms with van der Waals surface area (Å²) >= 11 is 1.61. The molecule has 4 nitrogen and oxygen atoms in total. The zero-order valence-corrected chi connectivity index (χ0v) is 19.0. The van der Waals surface area contributed by atoms with Gasteiger partial charge in [0, 0.05) is 0 Å². The summed E-state index contributed by atoms with van der Waals surface area (Å²) in [5, 5.41) is 10.1. The van der Waals surface area contributed by atoms with E-state index in [4.69, 9.17) is 5.10 Å². The van der Waals surface area contributed by atoms with Crippen LogP contribution in [0.25, 0.3) is 16.3 Å². The molecule has 0 saturated carbocycles. The van der Waals surface area contributed by atoms with Gasteiger partial charge in [0.2, 0.25) is 0 Å². The molecule has 0 saturated heterocycles. The van der Waals surface area contributed by atoms with Crippen molar-refractivity contribution in [3.05, 3.63) is 131 Å². The van der Waals surface area contributed by atoms with E-state index in [1.807, 2.05) is 115 Å². The summed E-state index contributed by atoms with van der Waals surface area (Å²) in [6.07, 6.45) is 0. The Bertz CT molecular complexity index is 1320. The molecule has 2 heterocycles. The smallest absolute Gasteiger partial charge is 0.270 e. The van der Waals surface area contributed by atoms with Crippen molar-refractivity contribution in [1.29, 1.82) is 0 Å². The maximum absolute atomic E-state index is 13.7. The largest absolute Gasteiger partial charge is 0.340 e. The van der Waals surface area contributed by atoms with Crippen LogP contribution >= 0.6 is 11.3 Å². The average Bonchev–Trinajstić information content (AvgIpc) is 3.54. The minimum absolute atomic E-state index is 0.176. The number of carbonyl (C=O) groups excluding carboxylic acids is 1. The highest BCUT2D eigenvalue weighted by Crippen LogP contribution is 2.27. The normalized spacial score (nSPS) is 11.0. The second kappa shape index (κ2) is 9.27. The Morgan fingerprint density at radius 2 is 1.55 bits per heavy atom. The number of hydrogen-bond acceptors (Lipinski definition) is 3. The first-order valence-corrected chi connectivity index (χ1v) is 11.7. The Kier molecular flexibility index (Phi) is 5.87. The number of aromatic nitrogens is 2. The number of rotatable bonds is 6. The van der Waals surface area contributed by atoms with Crippen molar-refractivity contribution in [2.75, 3.05) is 0 Å². The van der Waals surface area contributed by atoms with Gasteiger partial charge in [-0.1, -0.05) is 78.9 Å². The molecule has 5 aromatic rings. The van der Waals surface area contributed by atoms with Crippen LogP contribution in [0.5, 0.6) is 0 Å². The first-order valence-electron chi connectivity index (χ1n) is 10.8. The fourth-order valence-electron chi connectivity index (χ4n) is 3.90. The van der Waals surface area contributed by atoms with Gasteiger partial charge >= 0.3 is 0 Å². The summed E-state index contributed by atoms with van der Waals surface area (Å²) in [4.78, 5) is 14.7. The first kappa shape index (κ1) is 20.9. The van der Waals surface area contributed by atoms with Gasteiger partial charge in [-0.2, -0.15) is 5.10 Å². The van der Waals surface area contributed by atoms with Gasteiger partial charge in [0.1, 0.15) is 11.4 Å². The number of carbonyl (C=O) groups is 1. The zero-order chi connectivity index (χ0) is 22.6. The van der Waals surface area contributed by atoms with E-state index in [1.165, 1.54) is 0 Å². The summed E-state index contributed by atoms with van der Waals surface area (Å²) < 4.78 is 1.74. The summed E-state index contributed by atoms with van der Waals surface area (Å²) in [6.45, 7) is 2.04. The van der Waals surface area contributed by atoms with Crippen LogP contribution in [-0.2, 0) is 0 Å². The summed E-state index contributed by atoms with van der Waals surface area (Å²) in [6, 6.07) is 33.7. The van der Waals surface area contributed by atoms with Crippen LogP contribution in [0.4, 0.5) is 0 Å². The second-order valence-corrected chi connectivity index (χ2v) is 8.82. The Balaban J connectivity index is 1.57. The van der Waals surface area contributed by atoms with Gasteiger partial charge in [-0.05, 0) is 53.3 Å². The Morgan fingerprint density at radius 3 is 2.15 bits per heavy atom. The first-order chi connectivity index (χ1) is 16.2. The molecule has 1 N–H and O–H groups in total. The van der Waals surface area contributed by atoms with Gasteiger partial charge in [0.15, 0.2) is 0 Å². The molecule has 0 spiro atoms. The molecular weight excluding hydrogens is 426 g/mol. The predicted molar refractivity (Wildman–Crippen MR) is 134 cm³/mol. The number of nitrogens with one attached hydrogen (secondary N) is 1. The number of aryl methyl sites for hydroxylation is 1. The second-order valence-electron chi connectivity index (χ2n) is 7.87. The Hall–Kier alpha value is -3.96. The predicted octanol–water partition coefficient (Wildman–Crippen LogP) is 6.43. The van der Waals surface area contributed by atoms with Crippen molar-refractivity contribution >= 4 is 17.2 Å². The maximum atomic E-state index is 13.7. The highest BCUT2D eigenvalue weighted by Gasteiger charge is 2.22. The Morgan fingerprint density at radius 1 is 0.848 bits per heavy atom. The minimum atomic E-state index is -0.272. The SMILES string of the molecule is Cc1cccc(-n2nc(-c3cccs3)cc2C(=O)NC(c2ccccc2)c2ccccc2)c1. The van der Waals surface area contributed by atoms with Crippen LogP contribution in [0.1, 0.15) is 33.2 Å². The quantitative estimate of drug-likeness (QED) is 0.325. The number of hydrogen-bond donors (Lipinski definition) is 1. The third-order valence-electron chi connectivity index (χ3n) is 5.50. The van der Waals surface area contributed by atoms with E-state index in [1.54, 1.807) is 16.0 Å². The Labute approximate surface area is 197 Å². The summed E-state index contributed by atoms with van der Waals surface area (Å²) in [5.74, 6) is -0.176. The molecule has 162 valence electrons. The molecule has 0 fully saturated rings. The zero-order valence-electron chi connectivity index (χ0n) is 18.2. The van der Waals surface area contributed by atoms with Gasteiger partial charge < -0.3 is 5.32 Å². The third-order valence-corrected chi connectivity index (χ3v) is 6.40. The highest BCUT2D eigenvalue weighted by molar-refractivity contribution is 7.13. The van der Waals surface area contributed by atoms with E-state index < -0.39 is 0 Å². The van der Waals surface area contributed by atoms with Crippen LogP contribution in [0.3, 0.4) is 0 Å². The van der Waals surface area contributed by atoms with Gasteiger partial charge in [0.05, 0.1) is 16.6 Å². The van der Waals surface area contributed by atoms with Crippen molar-refractivity contribution < 1.29 is 4.79 Å². The van der Waals surface area contributed by atoms with E-state index in [0.717, 1.165) is 32.9 Å². The van der Waals surface area contributed by atoms with Crippen LogP contribution < -0.4 is 5.32 Å². The van der Waals surface area contributed by atoms with E-state index in [2.05, 4.69) is 5.32 Å². The fourth-order valence-corrected chi connectivity index (χ4v) is 4.58. The van der Waals surface area contributed by atoms with Gasteiger partial charge in [-0.15, -0.1) is 11.3 Å². The minimum Gasteiger partial charge on any atom is -0.340 e. The van der Waals surface area contributed by atoms with E-state index in [-0.39, 0.29) is 11.9 Å². The molecule has 0 unspecified atom stereocenters. The van der Waals surface area contributed by atoms with Gasteiger partial charge in [-0.3, -0.25) is 4.79 Å². The van der Waals surface area contributed by atoms with Crippen LogP contribution in [0, 0.1) is 6.92 Å². The molecule has 0 aliphatic heterocycles. The molecule has 0 aliphatic rings.